The predicted octanol–water partition coefficient (Wildman–Crippen LogP) is 2.07. The fourth-order valence-corrected chi connectivity index (χ4v) is 1.24. The molecule has 1 aromatic rings. The summed E-state index contributed by atoms with van der Waals surface area (Å²) in [7, 11) is 1.34. The summed E-state index contributed by atoms with van der Waals surface area (Å²) in [5.74, 6) is -1.80. The summed E-state index contributed by atoms with van der Waals surface area (Å²) >= 11 is 0. The van der Waals surface area contributed by atoms with Gasteiger partial charge in [0.2, 0.25) is 0 Å². The second-order valence-electron chi connectivity index (χ2n) is 3.09. The molecule has 0 amide bonds. The molecular weight excluding hydrogens is 190 g/mol. The van der Waals surface area contributed by atoms with Crippen LogP contribution in [-0.2, 0) is 0 Å². The third-order valence-corrected chi connectivity index (χ3v) is 2.05. The van der Waals surface area contributed by atoms with Gasteiger partial charge in [0, 0.05) is 30.2 Å². The number of aliphatic hydroxyl groups excluding tert-OH is 1. The Kier molecular flexibility index (Phi) is 3.41. The summed E-state index contributed by atoms with van der Waals surface area (Å²) in [5.41, 5.74) is -0.103. The predicted molar refractivity (Wildman–Crippen MR) is 48.4 cm³/mol. The normalized spacial score (nSPS) is 12.6. The van der Waals surface area contributed by atoms with Crippen molar-refractivity contribution in [1.29, 1.82) is 0 Å². The second kappa shape index (κ2) is 4.37. The number of rotatable bonds is 3. The number of aliphatic hydroxyl groups is 1. The van der Waals surface area contributed by atoms with Gasteiger partial charge in [-0.15, -0.1) is 0 Å². The molecule has 1 N–H and O–H groups in total. The Bertz CT molecular complexity index is 303. The fourth-order valence-electron chi connectivity index (χ4n) is 1.24. The monoisotopic (exact) mass is 202 g/mol. The molecule has 0 aliphatic rings. The lowest BCUT2D eigenvalue weighted by Gasteiger charge is -2.11. The molecule has 14 heavy (non-hydrogen) atoms. The average Bonchev–Trinajstić information content (AvgIpc) is 2.16. The molecule has 0 aliphatic heterocycles. The standard InChI is InChI=1S/C10H12F2O2/c1-6(5-13)10-8(11)3-7(14-2)4-9(10)12/h3-4,6,13H,5H2,1-2H3. The van der Waals surface area contributed by atoms with Crippen LogP contribution in [0.3, 0.4) is 0 Å². The molecule has 0 spiro atoms. The van der Waals surface area contributed by atoms with Crippen LogP contribution in [0, 0.1) is 11.6 Å². The van der Waals surface area contributed by atoms with Gasteiger partial charge in [0.25, 0.3) is 0 Å². The van der Waals surface area contributed by atoms with Gasteiger partial charge < -0.3 is 9.84 Å². The molecule has 0 aromatic heterocycles. The Balaban J connectivity index is 3.18. The van der Waals surface area contributed by atoms with Crippen molar-refractivity contribution in [1.82, 2.24) is 0 Å². The van der Waals surface area contributed by atoms with Crippen LogP contribution in [0.4, 0.5) is 8.78 Å². The minimum atomic E-state index is -0.691. The number of ether oxygens (including phenoxy) is 1. The van der Waals surface area contributed by atoms with E-state index in [1.807, 2.05) is 0 Å². The van der Waals surface area contributed by atoms with E-state index in [1.165, 1.54) is 7.11 Å². The second-order valence-corrected chi connectivity index (χ2v) is 3.09. The van der Waals surface area contributed by atoms with Gasteiger partial charge in [-0.05, 0) is 0 Å². The molecule has 4 heteroatoms. The van der Waals surface area contributed by atoms with Crippen molar-refractivity contribution < 1.29 is 18.6 Å². The van der Waals surface area contributed by atoms with Crippen molar-refractivity contribution in [2.24, 2.45) is 0 Å². The molecular formula is C10H12F2O2. The van der Waals surface area contributed by atoms with Crippen molar-refractivity contribution in [2.75, 3.05) is 13.7 Å². The minimum Gasteiger partial charge on any atom is -0.497 e. The van der Waals surface area contributed by atoms with E-state index in [-0.39, 0.29) is 17.9 Å². The molecule has 1 rings (SSSR count). The van der Waals surface area contributed by atoms with Gasteiger partial charge >= 0.3 is 0 Å². The average molecular weight is 202 g/mol. The first-order valence-electron chi connectivity index (χ1n) is 4.24. The van der Waals surface area contributed by atoms with Crippen LogP contribution >= 0.6 is 0 Å². The first kappa shape index (κ1) is 10.9. The van der Waals surface area contributed by atoms with Crippen molar-refractivity contribution in [3.8, 4) is 5.75 Å². The van der Waals surface area contributed by atoms with Gasteiger partial charge in [-0.1, -0.05) is 6.92 Å². The van der Waals surface area contributed by atoms with Gasteiger partial charge in [-0.2, -0.15) is 0 Å². The van der Waals surface area contributed by atoms with Gasteiger partial charge in [0.05, 0.1) is 7.11 Å². The zero-order valence-electron chi connectivity index (χ0n) is 8.05. The number of hydrogen-bond acceptors (Lipinski definition) is 2. The highest BCUT2D eigenvalue weighted by atomic mass is 19.1. The summed E-state index contributed by atoms with van der Waals surface area (Å²) in [5, 5.41) is 8.80. The quantitative estimate of drug-likeness (QED) is 0.813. The Hall–Kier alpha value is -1.16. The molecule has 0 saturated carbocycles. The van der Waals surface area contributed by atoms with Gasteiger partial charge in [0.1, 0.15) is 17.4 Å². The topological polar surface area (TPSA) is 29.5 Å². The summed E-state index contributed by atoms with van der Waals surface area (Å²) in [6.07, 6.45) is 0. The largest absolute Gasteiger partial charge is 0.497 e. The van der Waals surface area contributed by atoms with E-state index in [0.717, 1.165) is 12.1 Å². The first-order chi connectivity index (χ1) is 6.60. The maximum absolute atomic E-state index is 13.3. The van der Waals surface area contributed by atoms with E-state index in [1.54, 1.807) is 6.92 Å². The van der Waals surface area contributed by atoms with E-state index in [0.29, 0.717) is 0 Å². The SMILES string of the molecule is COc1cc(F)c(C(C)CO)c(F)c1. The van der Waals surface area contributed by atoms with Gasteiger partial charge in [-0.25, -0.2) is 8.78 Å². The van der Waals surface area contributed by atoms with Crippen LogP contribution in [0.25, 0.3) is 0 Å². The number of hydrogen-bond donors (Lipinski definition) is 1. The van der Waals surface area contributed by atoms with E-state index in [2.05, 4.69) is 0 Å². The molecule has 0 saturated heterocycles. The van der Waals surface area contributed by atoms with Crippen molar-refractivity contribution in [3.63, 3.8) is 0 Å². The Morgan fingerprint density at radius 1 is 1.36 bits per heavy atom. The van der Waals surface area contributed by atoms with Gasteiger partial charge in [0.15, 0.2) is 0 Å². The molecule has 78 valence electrons. The van der Waals surface area contributed by atoms with E-state index in [4.69, 9.17) is 9.84 Å². The van der Waals surface area contributed by atoms with Crippen molar-refractivity contribution >= 4 is 0 Å². The van der Waals surface area contributed by atoms with Crippen LogP contribution in [0.2, 0.25) is 0 Å². The van der Waals surface area contributed by atoms with Crippen LogP contribution in [-0.4, -0.2) is 18.8 Å². The maximum Gasteiger partial charge on any atom is 0.133 e. The van der Waals surface area contributed by atoms with Crippen LogP contribution in [0.15, 0.2) is 12.1 Å². The van der Waals surface area contributed by atoms with Crippen LogP contribution in [0.5, 0.6) is 5.75 Å². The molecule has 1 atom stereocenters. The lowest BCUT2D eigenvalue weighted by molar-refractivity contribution is 0.267. The Morgan fingerprint density at radius 3 is 2.21 bits per heavy atom. The smallest absolute Gasteiger partial charge is 0.133 e. The highest BCUT2D eigenvalue weighted by Gasteiger charge is 2.16. The lowest BCUT2D eigenvalue weighted by Crippen LogP contribution is -2.05. The maximum atomic E-state index is 13.3. The van der Waals surface area contributed by atoms with E-state index in [9.17, 15) is 8.78 Å². The fraction of sp³-hybridized carbons (Fsp3) is 0.400. The summed E-state index contributed by atoms with van der Waals surface area (Å²) < 4.78 is 31.3. The molecule has 1 unspecified atom stereocenters. The van der Waals surface area contributed by atoms with Crippen LogP contribution in [0.1, 0.15) is 18.4 Å². The molecule has 0 radical (unpaired) electrons. The van der Waals surface area contributed by atoms with E-state index >= 15 is 0 Å². The van der Waals surface area contributed by atoms with Crippen molar-refractivity contribution in [3.05, 3.63) is 29.3 Å². The highest BCUT2D eigenvalue weighted by molar-refractivity contribution is 5.32. The first-order valence-corrected chi connectivity index (χ1v) is 4.24. The summed E-state index contributed by atoms with van der Waals surface area (Å²) in [4.78, 5) is 0. The van der Waals surface area contributed by atoms with Crippen molar-refractivity contribution in [2.45, 2.75) is 12.8 Å². The number of methoxy groups -OCH3 is 1. The molecule has 1 aromatic carbocycles. The Labute approximate surface area is 81.1 Å². The number of benzene rings is 1. The number of halogens is 2. The zero-order chi connectivity index (χ0) is 10.7. The minimum absolute atomic E-state index is 0.103. The zero-order valence-corrected chi connectivity index (χ0v) is 8.05. The molecule has 0 heterocycles. The third-order valence-electron chi connectivity index (χ3n) is 2.05. The van der Waals surface area contributed by atoms with Crippen LogP contribution < -0.4 is 4.74 Å². The van der Waals surface area contributed by atoms with Gasteiger partial charge in [-0.3, -0.25) is 0 Å². The molecule has 0 aliphatic carbocycles. The lowest BCUT2D eigenvalue weighted by atomic mass is 10.0. The molecule has 2 nitrogen and oxygen atoms in total. The van der Waals surface area contributed by atoms with E-state index < -0.39 is 17.6 Å². The molecule has 0 fully saturated rings. The molecule has 0 bridgehead atoms. The summed E-state index contributed by atoms with van der Waals surface area (Å²) in [6.45, 7) is 1.26. The third kappa shape index (κ3) is 2.01. The Morgan fingerprint density at radius 2 is 1.86 bits per heavy atom. The summed E-state index contributed by atoms with van der Waals surface area (Å²) in [6, 6.07) is 2.20. The highest BCUT2D eigenvalue weighted by Crippen LogP contribution is 2.26.